The van der Waals surface area contributed by atoms with Crippen LogP contribution in [0.5, 0.6) is 5.75 Å². The average Bonchev–Trinajstić information content (AvgIpc) is 2.97. The zero-order valence-electron chi connectivity index (χ0n) is 12.3. The van der Waals surface area contributed by atoms with Gasteiger partial charge in [0.1, 0.15) is 5.75 Å². The predicted octanol–water partition coefficient (Wildman–Crippen LogP) is 3.74. The molecule has 1 saturated heterocycles. The number of nitrogens with one attached hydrogen (secondary N) is 1. The number of aromatic nitrogens is 2. The fraction of sp³-hybridized carbons (Fsp3) is 0.438. The Labute approximate surface area is 130 Å². The van der Waals surface area contributed by atoms with Gasteiger partial charge in [0.15, 0.2) is 0 Å². The van der Waals surface area contributed by atoms with Crippen LogP contribution in [0.1, 0.15) is 37.9 Å². The summed E-state index contributed by atoms with van der Waals surface area (Å²) < 4.78 is 7.36. The third-order valence-corrected chi connectivity index (χ3v) is 4.37. The van der Waals surface area contributed by atoms with Gasteiger partial charge in [0.05, 0.1) is 36.0 Å². The lowest BCUT2D eigenvalue weighted by Crippen LogP contribution is -2.35. The minimum Gasteiger partial charge on any atom is -0.497 e. The smallest absolute Gasteiger partial charge is 0.121 e. The van der Waals surface area contributed by atoms with E-state index >= 15 is 0 Å². The Hall–Kier alpha value is -1.52. The molecule has 0 bridgehead atoms. The minimum atomic E-state index is 0.318. The van der Waals surface area contributed by atoms with Crippen molar-refractivity contribution in [1.82, 2.24) is 14.9 Å². The van der Waals surface area contributed by atoms with E-state index in [9.17, 15) is 0 Å². The van der Waals surface area contributed by atoms with Crippen molar-refractivity contribution in [1.29, 1.82) is 0 Å². The zero-order valence-corrected chi connectivity index (χ0v) is 13.1. The highest BCUT2D eigenvalue weighted by atomic mass is 35.5. The van der Waals surface area contributed by atoms with Gasteiger partial charge in [-0.25, -0.2) is 4.98 Å². The van der Waals surface area contributed by atoms with Crippen molar-refractivity contribution in [3.05, 3.63) is 41.4 Å². The number of halogens is 1. The number of piperidine rings is 1. The van der Waals surface area contributed by atoms with Gasteiger partial charge < -0.3 is 14.6 Å². The molecule has 1 aromatic heterocycles. The van der Waals surface area contributed by atoms with E-state index < -0.39 is 0 Å². The monoisotopic (exact) mass is 305 g/mol. The molecule has 0 saturated carbocycles. The Morgan fingerprint density at radius 3 is 3.00 bits per heavy atom. The molecule has 0 aliphatic carbocycles. The first-order chi connectivity index (χ1) is 10.2. The lowest BCUT2D eigenvalue weighted by Gasteiger charge is -2.29. The van der Waals surface area contributed by atoms with Crippen LogP contribution in [0.15, 0.2) is 30.7 Å². The maximum absolute atomic E-state index is 6.36. The van der Waals surface area contributed by atoms with Crippen LogP contribution in [0.25, 0.3) is 5.69 Å². The fourth-order valence-corrected chi connectivity index (χ4v) is 3.15. The molecule has 2 aromatic rings. The van der Waals surface area contributed by atoms with Crippen LogP contribution in [-0.4, -0.2) is 22.7 Å². The molecular weight excluding hydrogens is 286 g/mol. The second-order valence-electron chi connectivity index (χ2n) is 5.56. The molecule has 1 aliphatic rings. The Balaban J connectivity index is 1.98. The maximum Gasteiger partial charge on any atom is 0.121 e. The summed E-state index contributed by atoms with van der Waals surface area (Å²) in [5.41, 5.74) is 2.06. The Morgan fingerprint density at radius 2 is 2.24 bits per heavy atom. The standard InChI is InChI=1S/C16H20ClN3O/c1-11-4-3-5-14(19-11)16-9-18-10-20(16)15-8-12(21-2)6-7-13(15)17/h6-11,14,19H,3-5H2,1-2H3. The van der Waals surface area contributed by atoms with Crippen LogP contribution in [0.4, 0.5) is 0 Å². The van der Waals surface area contributed by atoms with Crippen molar-refractivity contribution < 1.29 is 4.74 Å². The lowest BCUT2D eigenvalue weighted by molar-refractivity contribution is 0.334. The summed E-state index contributed by atoms with van der Waals surface area (Å²) in [6.45, 7) is 2.23. The lowest BCUT2D eigenvalue weighted by atomic mass is 9.97. The van der Waals surface area contributed by atoms with Crippen molar-refractivity contribution in [3.8, 4) is 11.4 Å². The van der Waals surface area contributed by atoms with Gasteiger partial charge in [0.25, 0.3) is 0 Å². The SMILES string of the molecule is COc1ccc(Cl)c(-n2cncc2C2CCCC(C)N2)c1. The van der Waals surface area contributed by atoms with Gasteiger partial charge in [-0.15, -0.1) is 0 Å². The topological polar surface area (TPSA) is 39.1 Å². The zero-order chi connectivity index (χ0) is 14.8. The Morgan fingerprint density at radius 1 is 1.38 bits per heavy atom. The molecular formula is C16H20ClN3O. The summed E-state index contributed by atoms with van der Waals surface area (Å²) in [6.07, 6.45) is 7.32. The van der Waals surface area contributed by atoms with Gasteiger partial charge in [-0.05, 0) is 38.3 Å². The molecule has 21 heavy (non-hydrogen) atoms. The van der Waals surface area contributed by atoms with Crippen LogP contribution in [-0.2, 0) is 0 Å². The number of imidazole rings is 1. The normalized spacial score (nSPS) is 22.2. The molecule has 2 heterocycles. The summed E-state index contributed by atoms with van der Waals surface area (Å²) in [5.74, 6) is 0.791. The van der Waals surface area contributed by atoms with Gasteiger partial charge in [-0.1, -0.05) is 11.6 Å². The summed E-state index contributed by atoms with van der Waals surface area (Å²) in [7, 11) is 1.66. The van der Waals surface area contributed by atoms with Crippen molar-refractivity contribution in [2.75, 3.05) is 7.11 Å². The molecule has 0 spiro atoms. The minimum absolute atomic E-state index is 0.318. The number of hydrogen-bond acceptors (Lipinski definition) is 3. The summed E-state index contributed by atoms with van der Waals surface area (Å²) in [4.78, 5) is 4.32. The average molecular weight is 306 g/mol. The molecule has 0 radical (unpaired) electrons. The first-order valence-corrected chi connectivity index (χ1v) is 7.69. The van der Waals surface area contributed by atoms with Gasteiger partial charge >= 0.3 is 0 Å². The largest absolute Gasteiger partial charge is 0.497 e. The van der Waals surface area contributed by atoms with Crippen LogP contribution in [0.2, 0.25) is 5.02 Å². The number of hydrogen-bond donors (Lipinski definition) is 1. The number of methoxy groups -OCH3 is 1. The molecule has 4 nitrogen and oxygen atoms in total. The van der Waals surface area contributed by atoms with Gasteiger partial charge in [0, 0.05) is 18.2 Å². The molecule has 1 aromatic carbocycles. The number of nitrogens with zero attached hydrogens (tertiary/aromatic N) is 2. The highest BCUT2D eigenvalue weighted by Crippen LogP contribution is 2.31. The Bertz CT molecular complexity index is 626. The maximum atomic E-state index is 6.36. The number of benzene rings is 1. The first-order valence-electron chi connectivity index (χ1n) is 7.31. The summed E-state index contributed by atoms with van der Waals surface area (Å²) in [5, 5.41) is 4.34. The van der Waals surface area contributed by atoms with Crippen molar-refractivity contribution in [2.45, 2.75) is 38.3 Å². The van der Waals surface area contributed by atoms with E-state index in [2.05, 4.69) is 21.8 Å². The second-order valence-corrected chi connectivity index (χ2v) is 5.96. The molecule has 2 unspecified atom stereocenters. The van der Waals surface area contributed by atoms with E-state index in [0.717, 1.165) is 23.6 Å². The molecule has 5 heteroatoms. The highest BCUT2D eigenvalue weighted by Gasteiger charge is 2.23. The molecule has 112 valence electrons. The van der Waals surface area contributed by atoms with Gasteiger partial charge in [0.2, 0.25) is 0 Å². The molecule has 2 atom stereocenters. The van der Waals surface area contributed by atoms with E-state index in [4.69, 9.17) is 16.3 Å². The van der Waals surface area contributed by atoms with Crippen molar-refractivity contribution >= 4 is 11.6 Å². The predicted molar refractivity (Wildman–Crippen MR) is 84.3 cm³/mol. The summed E-state index contributed by atoms with van der Waals surface area (Å²) in [6, 6.07) is 6.52. The van der Waals surface area contributed by atoms with E-state index in [1.165, 1.54) is 12.8 Å². The molecule has 3 rings (SSSR count). The van der Waals surface area contributed by atoms with Crippen molar-refractivity contribution in [2.24, 2.45) is 0 Å². The highest BCUT2D eigenvalue weighted by molar-refractivity contribution is 6.32. The number of ether oxygens (including phenoxy) is 1. The Kier molecular flexibility index (Phi) is 4.17. The van der Waals surface area contributed by atoms with Gasteiger partial charge in [-0.3, -0.25) is 0 Å². The van der Waals surface area contributed by atoms with Crippen LogP contribution in [0, 0.1) is 0 Å². The quantitative estimate of drug-likeness (QED) is 0.939. The second kappa shape index (κ2) is 6.08. The van der Waals surface area contributed by atoms with Crippen molar-refractivity contribution in [3.63, 3.8) is 0 Å². The van der Waals surface area contributed by atoms with Crippen LogP contribution < -0.4 is 10.1 Å². The van der Waals surface area contributed by atoms with E-state index in [1.807, 2.05) is 30.7 Å². The van der Waals surface area contributed by atoms with Crippen LogP contribution >= 0.6 is 11.6 Å². The van der Waals surface area contributed by atoms with E-state index in [-0.39, 0.29) is 0 Å². The molecule has 1 N–H and O–H groups in total. The van der Waals surface area contributed by atoms with E-state index in [0.29, 0.717) is 17.1 Å². The molecule has 0 amide bonds. The molecule has 1 fully saturated rings. The van der Waals surface area contributed by atoms with Gasteiger partial charge in [-0.2, -0.15) is 0 Å². The summed E-state index contributed by atoms with van der Waals surface area (Å²) >= 11 is 6.36. The number of rotatable bonds is 3. The first kappa shape index (κ1) is 14.4. The third kappa shape index (κ3) is 2.92. The van der Waals surface area contributed by atoms with E-state index in [1.54, 1.807) is 7.11 Å². The van der Waals surface area contributed by atoms with Crippen LogP contribution in [0.3, 0.4) is 0 Å². The fourth-order valence-electron chi connectivity index (χ4n) is 2.94. The molecule has 1 aliphatic heterocycles. The third-order valence-electron chi connectivity index (χ3n) is 4.05.